The number of hydrogen-bond donors (Lipinski definition) is 3. The van der Waals surface area contributed by atoms with Crippen LogP contribution in [-0.2, 0) is 19.6 Å². The molecule has 24 heavy (non-hydrogen) atoms. The summed E-state index contributed by atoms with van der Waals surface area (Å²) in [4.78, 5) is 22.7. The van der Waals surface area contributed by atoms with E-state index in [0.29, 0.717) is 23.8 Å². The minimum atomic E-state index is -3.64. The Labute approximate surface area is 143 Å². The normalized spacial score (nSPS) is 11.2. The molecule has 0 spiro atoms. The quantitative estimate of drug-likeness (QED) is 0.629. The highest BCUT2D eigenvalue weighted by atomic mass is 32.2. The molecule has 0 radical (unpaired) electrons. The van der Waals surface area contributed by atoms with Crippen LogP contribution in [0.5, 0.6) is 0 Å². The first-order chi connectivity index (χ1) is 11.2. The third-order valence-corrected chi connectivity index (χ3v) is 4.39. The van der Waals surface area contributed by atoms with Gasteiger partial charge in [0.15, 0.2) is 0 Å². The van der Waals surface area contributed by atoms with Gasteiger partial charge in [0.25, 0.3) is 0 Å². The second-order valence-electron chi connectivity index (χ2n) is 5.97. The van der Waals surface area contributed by atoms with Crippen LogP contribution in [0.25, 0.3) is 0 Å². The maximum atomic E-state index is 12.0. The summed E-state index contributed by atoms with van der Waals surface area (Å²) in [5.74, 6) is -0.349. The zero-order valence-electron chi connectivity index (χ0n) is 14.3. The SMILES string of the molecule is CC(=O)Nc1cccc(NS(=O)(=O)CCC(=O)NCCC(C)C)c1. The lowest BCUT2D eigenvalue weighted by Gasteiger charge is -2.10. The maximum Gasteiger partial charge on any atom is 0.233 e. The number of amides is 2. The smallest absolute Gasteiger partial charge is 0.233 e. The summed E-state index contributed by atoms with van der Waals surface area (Å²) in [6.45, 7) is 6.02. The van der Waals surface area contributed by atoms with E-state index in [0.717, 1.165) is 6.42 Å². The fraction of sp³-hybridized carbons (Fsp3) is 0.500. The fourth-order valence-corrected chi connectivity index (χ4v) is 2.95. The Balaban J connectivity index is 2.51. The summed E-state index contributed by atoms with van der Waals surface area (Å²) in [7, 11) is -3.64. The molecule has 0 aliphatic rings. The van der Waals surface area contributed by atoms with E-state index >= 15 is 0 Å². The monoisotopic (exact) mass is 355 g/mol. The van der Waals surface area contributed by atoms with Crippen LogP contribution >= 0.6 is 0 Å². The number of anilines is 2. The minimum Gasteiger partial charge on any atom is -0.356 e. The summed E-state index contributed by atoms with van der Waals surface area (Å²) < 4.78 is 26.5. The van der Waals surface area contributed by atoms with Gasteiger partial charge in [-0.3, -0.25) is 14.3 Å². The van der Waals surface area contributed by atoms with Crippen molar-refractivity contribution in [2.75, 3.05) is 22.3 Å². The van der Waals surface area contributed by atoms with Crippen molar-refractivity contribution in [1.82, 2.24) is 5.32 Å². The highest BCUT2D eigenvalue weighted by Crippen LogP contribution is 2.16. The zero-order valence-corrected chi connectivity index (χ0v) is 15.1. The van der Waals surface area contributed by atoms with Gasteiger partial charge in [0.05, 0.1) is 11.4 Å². The lowest BCUT2D eigenvalue weighted by Crippen LogP contribution is -2.28. The molecular formula is C16H25N3O4S. The molecule has 0 atom stereocenters. The molecule has 2 amide bonds. The van der Waals surface area contributed by atoms with Gasteiger partial charge in [-0.2, -0.15) is 0 Å². The van der Waals surface area contributed by atoms with Gasteiger partial charge in [0.2, 0.25) is 21.8 Å². The largest absolute Gasteiger partial charge is 0.356 e. The van der Waals surface area contributed by atoms with E-state index in [1.165, 1.54) is 13.0 Å². The Morgan fingerprint density at radius 1 is 1.17 bits per heavy atom. The molecule has 0 unspecified atom stereocenters. The van der Waals surface area contributed by atoms with Crippen molar-refractivity contribution >= 4 is 33.2 Å². The molecule has 0 saturated carbocycles. The van der Waals surface area contributed by atoms with E-state index in [2.05, 4.69) is 29.2 Å². The molecule has 0 aliphatic heterocycles. The van der Waals surface area contributed by atoms with Crippen LogP contribution in [0.1, 0.15) is 33.6 Å². The van der Waals surface area contributed by atoms with Crippen LogP contribution in [0.4, 0.5) is 11.4 Å². The first-order valence-electron chi connectivity index (χ1n) is 7.83. The fourth-order valence-electron chi connectivity index (χ4n) is 1.91. The molecule has 7 nitrogen and oxygen atoms in total. The van der Waals surface area contributed by atoms with Crippen LogP contribution in [-0.4, -0.2) is 32.5 Å². The Kier molecular flexibility index (Phi) is 7.70. The Morgan fingerprint density at radius 3 is 2.46 bits per heavy atom. The molecule has 0 bridgehead atoms. The van der Waals surface area contributed by atoms with Crippen LogP contribution in [0.2, 0.25) is 0 Å². The number of rotatable bonds is 9. The van der Waals surface area contributed by atoms with Crippen LogP contribution < -0.4 is 15.4 Å². The summed E-state index contributed by atoms with van der Waals surface area (Å²) in [5.41, 5.74) is 0.829. The molecule has 0 saturated heterocycles. The second-order valence-corrected chi connectivity index (χ2v) is 7.81. The molecule has 3 N–H and O–H groups in total. The first kappa shape index (κ1) is 20.0. The third kappa shape index (κ3) is 8.52. The average molecular weight is 355 g/mol. The summed E-state index contributed by atoms with van der Waals surface area (Å²) in [5, 5.41) is 5.28. The number of hydrogen-bond acceptors (Lipinski definition) is 4. The van der Waals surface area contributed by atoms with Gasteiger partial charge < -0.3 is 10.6 Å². The molecule has 1 rings (SSSR count). The van der Waals surface area contributed by atoms with Crippen molar-refractivity contribution in [3.63, 3.8) is 0 Å². The predicted molar refractivity (Wildman–Crippen MR) is 95.2 cm³/mol. The molecule has 0 heterocycles. The van der Waals surface area contributed by atoms with Crippen molar-refractivity contribution in [2.45, 2.75) is 33.6 Å². The molecule has 134 valence electrons. The van der Waals surface area contributed by atoms with Crippen molar-refractivity contribution in [3.8, 4) is 0 Å². The van der Waals surface area contributed by atoms with E-state index < -0.39 is 10.0 Å². The molecule has 0 aromatic heterocycles. The van der Waals surface area contributed by atoms with Gasteiger partial charge in [-0.15, -0.1) is 0 Å². The molecule has 8 heteroatoms. The molecule has 1 aromatic rings. The van der Waals surface area contributed by atoms with Crippen LogP contribution in [0.3, 0.4) is 0 Å². The lowest BCUT2D eigenvalue weighted by atomic mass is 10.1. The Bertz CT molecular complexity index is 672. The predicted octanol–water partition coefficient (Wildman–Crippen LogP) is 1.94. The van der Waals surface area contributed by atoms with Gasteiger partial charge in [-0.1, -0.05) is 19.9 Å². The highest BCUT2D eigenvalue weighted by Gasteiger charge is 2.14. The van der Waals surface area contributed by atoms with Gasteiger partial charge in [0.1, 0.15) is 0 Å². The van der Waals surface area contributed by atoms with E-state index in [4.69, 9.17) is 0 Å². The van der Waals surface area contributed by atoms with E-state index in [1.54, 1.807) is 18.2 Å². The number of sulfonamides is 1. The number of nitrogens with one attached hydrogen (secondary N) is 3. The van der Waals surface area contributed by atoms with Crippen molar-refractivity contribution in [1.29, 1.82) is 0 Å². The van der Waals surface area contributed by atoms with E-state index in [1.807, 2.05) is 0 Å². The number of carbonyl (C=O) groups excluding carboxylic acids is 2. The Morgan fingerprint density at radius 2 is 1.83 bits per heavy atom. The first-order valence-corrected chi connectivity index (χ1v) is 9.48. The third-order valence-electron chi connectivity index (χ3n) is 3.10. The number of benzene rings is 1. The van der Waals surface area contributed by atoms with Crippen molar-refractivity contribution in [2.24, 2.45) is 5.92 Å². The topological polar surface area (TPSA) is 104 Å². The maximum absolute atomic E-state index is 12.0. The van der Waals surface area contributed by atoms with Gasteiger partial charge in [-0.25, -0.2) is 8.42 Å². The van der Waals surface area contributed by atoms with E-state index in [9.17, 15) is 18.0 Å². The zero-order chi connectivity index (χ0) is 18.2. The van der Waals surface area contributed by atoms with Crippen LogP contribution in [0, 0.1) is 5.92 Å². The number of carbonyl (C=O) groups is 2. The van der Waals surface area contributed by atoms with Crippen molar-refractivity contribution in [3.05, 3.63) is 24.3 Å². The standard InChI is InChI=1S/C16H25N3O4S/c1-12(2)7-9-17-16(21)8-10-24(22,23)19-15-6-4-5-14(11-15)18-13(3)20/h4-6,11-12,19H,7-10H2,1-3H3,(H,17,21)(H,18,20). The van der Waals surface area contributed by atoms with Crippen molar-refractivity contribution < 1.29 is 18.0 Å². The minimum absolute atomic E-state index is 0.0984. The summed E-state index contributed by atoms with van der Waals surface area (Å²) in [6.07, 6.45) is 0.755. The Hall–Kier alpha value is -2.09. The summed E-state index contributed by atoms with van der Waals surface area (Å²) in [6, 6.07) is 6.37. The molecule has 1 aromatic carbocycles. The molecular weight excluding hydrogens is 330 g/mol. The average Bonchev–Trinajstić information content (AvgIpc) is 2.44. The lowest BCUT2D eigenvalue weighted by molar-refractivity contribution is -0.120. The van der Waals surface area contributed by atoms with Crippen LogP contribution in [0.15, 0.2) is 24.3 Å². The van der Waals surface area contributed by atoms with Gasteiger partial charge in [0, 0.05) is 25.6 Å². The molecule has 0 aliphatic carbocycles. The highest BCUT2D eigenvalue weighted by molar-refractivity contribution is 7.92. The second kappa shape index (κ2) is 9.27. The molecule has 0 fully saturated rings. The van der Waals surface area contributed by atoms with Gasteiger partial charge >= 0.3 is 0 Å². The van der Waals surface area contributed by atoms with Gasteiger partial charge in [-0.05, 0) is 30.5 Å². The summed E-state index contributed by atoms with van der Waals surface area (Å²) >= 11 is 0. The van der Waals surface area contributed by atoms with E-state index in [-0.39, 0.29) is 24.0 Å².